The van der Waals surface area contributed by atoms with Gasteiger partial charge in [-0.3, -0.25) is 0 Å². The Morgan fingerprint density at radius 2 is 1.01 bits per heavy atom. The molecule has 0 saturated heterocycles. The van der Waals surface area contributed by atoms with Crippen LogP contribution in [0.15, 0.2) is 36.5 Å². The minimum Gasteiger partial charge on any atom is -0.466 e. The summed E-state index contributed by atoms with van der Waals surface area (Å²) in [5.74, 6) is -6.30. The fourth-order valence-electron chi connectivity index (χ4n) is 7.70. The van der Waals surface area contributed by atoms with Crippen LogP contribution in [0.3, 0.4) is 0 Å². The smallest absolute Gasteiger partial charge is 0.426 e. The summed E-state index contributed by atoms with van der Waals surface area (Å²) in [5.41, 5.74) is -14.2. The molecule has 10 atom stereocenters. The number of hydrogen-bond donors (Lipinski definition) is 4. The van der Waals surface area contributed by atoms with E-state index in [0.29, 0.717) is 24.3 Å². The molecule has 392 valence electrons. The quantitative estimate of drug-likeness (QED) is 0.0679. The van der Waals surface area contributed by atoms with E-state index in [9.17, 15) is 95.6 Å². The summed E-state index contributed by atoms with van der Waals surface area (Å²) in [6.45, 7) is 16.9. The number of aliphatic hydroxyl groups is 4. The van der Waals surface area contributed by atoms with Gasteiger partial charge in [-0.25, -0.2) is 14.4 Å². The Morgan fingerprint density at radius 3 is 1.33 bits per heavy atom. The zero-order chi connectivity index (χ0) is 53.5. The minimum absolute atomic E-state index is 0.0837. The number of rotatable bonds is 11. The summed E-state index contributed by atoms with van der Waals surface area (Å²) in [6.07, 6.45) is -30.3. The monoisotopic (exact) mass is 1010 g/mol. The van der Waals surface area contributed by atoms with E-state index < -0.39 is 115 Å². The van der Waals surface area contributed by atoms with Crippen LogP contribution in [-0.2, 0) is 28.6 Å². The summed E-state index contributed by atoms with van der Waals surface area (Å²) in [5, 5.41) is 37.9. The average Bonchev–Trinajstić information content (AvgIpc) is 3.75. The lowest BCUT2D eigenvalue weighted by Crippen LogP contribution is -2.64. The SMILES string of the molecule is C=C(C)C(=O)OC.C=C(C)C(=O)OC(C)CC(C)(O)C(F)(F)F.C=C(C)C(=O)OC1CC(C(C)(O)C(F)(F)F)CC(C(O)(C(F)(F)F)C(F)(F)F)C1.CC(O)(CC1CC2CCC1C2)C(F)(F)F. The lowest BCUT2D eigenvalue weighted by Gasteiger charge is -2.47. The molecule has 0 spiro atoms. The Kier molecular flexibility index (Phi) is 21.7. The molecule has 3 rings (SSSR count). The van der Waals surface area contributed by atoms with Gasteiger partial charge in [-0.15, -0.1) is 0 Å². The van der Waals surface area contributed by atoms with Gasteiger partial charge in [-0.2, -0.15) is 65.9 Å². The number of ether oxygens (including phenoxy) is 3. The lowest BCUT2D eigenvalue weighted by molar-refractivity contribution is -0.391. The van der Waals surface area contributed by atoms with Crippen LogP contribution in [0.2, 0.25) is 0 Å². The predicted octanol–water partition coefficient (Wildman–Crippen LogP) is 10.1. The number of methoxy groups -OCH3 is 1. The highest BCUT2D eigenvalue weighted by Crippen LogP contribution is 2.56. The van der Waals surface area contributed by atoms with Gasteiger partial charge in [0.2, 0.25) is 0 Å². The van der Waals surface area contributed by atoms with Crippen molar-refractivity contribution in [3.8, 4) is 0 Å². The molecule has 10 unspecified atom stereocenters. The average molecular weight is 1010 g/mol. The van der Waals surface area contributed by atoms with Crippen LogP contribution in [0.4, 0.5) is 65.9 Å². The maximum atomic E-state index is 13.2. The summed E-state index contributed by atoms with van der Waals surface area (Å²) in [6, 6.07) is 0. The van der Waals surface area contributed by atoms with Crippen LogP contribution in [0.25, 0.3) is 0 Å². The first kappa shape index (κ1) is 63.4. The fourth-order valence-corrected chi connectivity index (χ4v) is 7.70. The zero-order valence-corrected chi connectivity index (χ0v) is 37.9. The molecule has 10 nitrogen and oxygen atoms in total. The van der Waals surface area contributed by atoms with Crippen molar-refractivity contribution in [2.45, 2.75) is 172 Å². The molecule has 0 aromatic rings. The van der Waals surface area contributed by atoms with Gasteiger partial charge in [0.15, 0.2) is 16.8 Å². The van der Waals surface area contributed by atoms with Crippen molar-refractivity contribution in [2.75, 3.05) is 7.11 Å². The van der Waals surface area contributed by atoms with E-state index in [1.807, 2.05) is 0 Å². The molecule has 0 amide bonds. The molecule has 0 heterocycles. The van der Waals surface area contributed by atoms with E-state index in [-0.39, 0.29) is 36.4 Å². The standard InChI is InChI=1S/C16H19F9O4.C11H17F3O.C10H15F3O3.C5H8O2/c1-7(2)11(26)29-10-5-8(12(3,27)14(17,18)19)4-9(6-10)13(28,15(20,21)22)16(23,24)25;1-10(15,11(12,13)14)6-9-5-7-2-3-8(9)4-7;1-6(2)8(14)16-7(3)5-9(4,15)10(11,12)13;1-4(2)5(6)7-3/h8-10,27-28H,1,4-6H2,2-3H3;7-9,15H,2-6H2,1H3;7,15H,1,5H2,2-4H3;1H2,2-3H3. The number of esters is 3. The third-order valence-corrected chi connectivity index (χ3v) is 11.8. The summed E-state index contributed by atoms with van der Waals surface area (Å²) >= 11 is 0. The van der Waals surface area contributed by atoms with Crippen molar-refractivity contribution >= 4 is 17.9 Å². The third-order valence-electron chi connectivity index (χ3n) is 11.8. The normalized spacial score (nSPS) is 25.3. The van der Waals surface area contributed by atoms with Gasteiger partial charge in [0.25, 0.3) is 5.60 Å². The van der Waals surface area contributed by atoms with Crippen LogP contribution in [0, 0.1) is 29.6 Å². The highest BCUT2D eigenvalue weighted by Gasteiger charge is 2.75. The molecule has 3 fully saturated rings. The molecule has 0 radical (unpaired) electrons. The number of alkyl halides is 15. The van der Waals surface area contributed by atoms with E-state index in [4.69, 9.17) is 5.11 Å². The van der Waals surface area contributed by atoms with Gasteiger partial charge in [0.1, 0.15) is 12.2 Å². The first-order valence-electron chi connectivity index (χ1n) is 20.3. The largest absolute Gasteiger partial charge is 0.466 e. The number of carbonyl (C=O) groups is 3. The molecule has 0 aromatic carbocycles. The minimum atomic E-state index is -6.29. The molecule has 67 heavy (non-hydrogen) atoms. The molecule has 4 N–H and O–H groups in total. The first-order valence-corrected chi connectivity index (χ1v) is 20.3. The van der Waals surface area contributed by atoms with E-state index in [1.54, 1.807) is 6.92 Å². The van der Waals surface area contributed by atoms with Crippen LogP contribution in [0.1, 0.15) is 106 Å². The van der Waals surface area contributed by atoms with Crippen molar-refractivity contribution in [2.24, 2.45) is 29.6 Å². The van der Waals surface area contributed by atoms with Gasteiger partial charge >= 0.3 is 48.8 Å². The molecular formula is C42H59F15O10. The Labute approximate surface area is 377 Å². The van der Waals surface area contributed by atoms with Gasteiger partial charge in [-0.1, -0.05) is 26.2 Å². The van der Waals surface area contributed by atoms with Crippen molar-refractivity contribution in [3.63, 3.8) is 0 Å². The Morgan fingerprint density at radius 1 is 0.582 bits per heavy atom. The highest BCUT2D eigenvalue weighted by atomic mass is 19.4. The number of fused-ring (bicyclic) bond motifs is 2. The molecule has 3 aliphatic rings. The fraction of sp³-hybridized carbons (Fsp3) is 0.786. The molecule has 25 heteroatoms. The van der Waals surface area contributed by atoms with Gasteiger partial charge in [-0.05, 0) is 111 Å². The second-order valence-corrected chi connectivity index (χ2v) is 18.0. The maximum Gasteiger partial charge on any atom is 0.426 e. The molecular weight excluding hydrogens is 949 g/mol. The predicted molar refractivity (Wildman–Crippen MR) is 208 cm³/mol. The summed E-state index contributed by atoms with van der Waals surface area (Å²) in [7, 11) is 1.33. The van der Waals surface area contributed by atoms with Crippen LogP contribution < -0.4 is 0 Å². The summed E-state index contributed by atoms with van der Waals surface area (Å²) < 4.78 is 206. The zero-order valence-electron chi connectivity index (χ0n) is 37.9. The van der Waals surface area contributed by atoms with Crippen LogP contribution >= 0.6 is 0 Å². The Hall–Kier alpha value is -3.58. The van der Waals surface area contributed by atoms with Crippen molar-refractivity contribution in [1.82, 2.24) is 0 Å². The van der Waals surface area contributed by atoms with E-state index in [2.05, 4.69) is 33.9 Å². The van der Waals surface area contributed by atoms with Gasteiger partial charge in [0, 0.05) is 35.0 Å². The molecule has 3 saturated carbocycles. The topological polar surface area (TPSA) is 160 Å². The van der Waals surface area contributed by atoms with Gasteiger partial charge in [0.05, 0.1) is 7.11 Å². The Balaban J connectivity index is 0.000000967. The van der Waals surface area contributed by atoms with Gasteiger partial charge < -0.3 is 34.6 Å². The second-order valence-electron chi connectivity index (χ2n) is 18.0. The van der Waals surface area contributed by atoms with Crippen molar-refractivity contribution in [3.05, 3.63) is 36.5 Å². The second kappa shape index (κ2) is 22.9. The molecule has 2 bridgehead atoms. The number of carbonyl (C=O) groups excluding carboxylic acids is 3. The van der Waals surface area contributed by atoms with E-state index in [0.717, 1.165) is 33.1 Å². The number of halogens is 15. The third kappa shape index (κ3) is 17.4. The van der Waals surface area contributed by atoms with E-state index >= 15 is 0 Å². The first-order chi connectivity index (χ1) is 29.6. The lowest BCUT2D eigenvalue weighted by atomic mass is 9.66. The Bertz CT molecular complexity index is 1700. The summed E-state index contributed by atoms with van der Waals surface area (Å²) in [4.78, 5) is 32.8. The van der Waals surface area contributed by atoms with Crippen molar-refractivity contribution < 1.29 is 115 Å². The molecule has 0 aromatic heterocycles. The van der Waals surface area contributed by atoms with E-state index in [1.165, 1.54) is 27.4 Å². The van der Waals surface area contributed by atoms with Crippen molar-refractivity contribution in [1.29, 1.82) is 0 Å². The highest BCUT2D eigenvalue weighted by molar-refractivity contribution is 5.87. The van der Waals surface area contributed by atoms with Crippen LogP contribution in [0.5, 0.6) is 0 Å². The molecule has 3 aliphatic carbocycles. The number of hydrogen-bond acceptors (Lipinski definition) is 10. The van der Waals surface area contributed by atoms with Crippen LogP contribution in [-0.4, -0.2) is 111 Å². The molecule has 0 aliphatic heterocycles. The maximum absolute atomic E-state index is 13.2.